The van der Waals surface area contributed by atoms with Gasteiger partial charge in [0.15, 0.2) is 4.67 Å². The molecule has 1 aromatic heterocycles. The summed E-state index contributed by atoms with van der Waals surface area (Å²) in [6.07, 6.45) is 0. The maximum Gasteiger partial charge on any atom is 0.183 e. The maximum absolute atomic E-state index is 13.1. The fraction of sp³-hybridized carbons (Fsp3) is 0.0909. The van der Waals surface area contributed by atoms with Crippen molar-refractivity contribution in [2.24, 2.45) is 0 Å². The van der Waals surface area contributed by atoms with Gasteiger partial charge in [-0.25, -0.2) is 4.39 Å². The van der Waals surface area contributed by atoms with Crippen LogP contribution >= 0.6 is 43.5 Å². The van der Waals surface area contributed by atoms with Crippen molar-refractivity contribution >= 4 is 49.1 Å². The molecule has 1 N–H and O–H groups in total. The lowest BCUT2D eigenvalue weighted by Crippen LogP contribution is -1.98. The normalized spacial score (nSPS) is 10.6. The van der Waals surface area contributed by atoms with Gasteiger partial charge in [0, 0.05) is 10.7 Å². The highest BCUT2D eigenvalue weighted by atomic mass is 79.9. The Balaban J connectivity index is 2.07. The van der Waals surface area contributed by atoms with Crippen LogP contribution in [0.2, 0.25) is 5.02 Å². The van der Waals surface area contributed by atoms with E-state index in [0.717, 1.165) is 10.2 Å². The predicted octanol–water partition coefficient (Wildman–Crippen LogP) is 5.21. The minimum atomic E-state index is -0.373. The highest BCUT2D eigenvalue weighted by Crippen LogP contribution is 2.27. The second-order valence-electron chi connectivity index (χ2n) is 3.35. The third kappa shape index (κ3) is 3.47. The van der Waals surface area contributed by atoms with E-state index in [-0.39, 0.29) is 5.82 Å². The van der Waals surface area contributed by atoms with Gasteiger partial charge < -0.3 is 9.73 Å². The number of halogens is 4. The van der Waals surface area contributed by atoms with Crippen LogP contribution in [0.3, 0.4) is 0 Å². The van der Waals surface area contributed by atoms with Gasteiger partial charge in [-0.05, 0) is 56.1 Å². The highest BCUT2D eigenvalue weighted by molar-refractivity contribution is 9.13. The molecule has 0 aliphatic heterocycles. The van der Waals surface area contributed by atoms with E-state index in [2.05, 4.69) is 37.2 Å². The number of furan rings is 1. The molecule has 0 amide bonds. The van der Waals surface area contributed by atoms with E-state index in [1.165, 1.54) is 12.1 Å². The summed E-state index contributed by atoms with van der Waals surface area (Å²) in [7, 11) is 0. The van der Waals surface area contributed by atoms with Gasteiger partial charge in [-0.3, -0.25) is 0 Å². The van der Waals surface area contributed by atoms with E-state index in [1.54, 1.807) is 6.07 Å². The first-order valence-electron chi connectivity index (χ1n) is 4.68. The van der Waals surface area contributed by atoms with Crippen LogP contribution in [0.5, 0.6) is 0 Å². The molecule has 2 rings (SSSR count). The lowest BCUT2D eigenvalue weighted by molar-refractivity contribution is 0.494. The largest absolute Gasteiger partial charge is 0.451 e. The Kier molecular flexibility index (Phi) is 4.12. The molecule has 1 aromatic carbocycles. The zero-order chi connectivity index (χ0) is 12.4. The molecular weight excluding hydrogens is 376 g/mol. The average Bonchev–Trinajstić information content (AvgIpc) is 2.54. The monoisotopic (exact) mass is 381 g/mol. The number of nitrogens with one attached hydrogen (secondary N) is 1. The fourth-order valence-corrected chi connectivity index (χ4v) is 2.20. The van der Waals surface area contributed by atoms with Crippen LogP contribution in [-0.2, 0) is 6.54 Å². The molecule has 0 unspecified atom stereocenters. The molecule has 17 heavy (non-hydrogen) atoms. The van der Waals surface area contributed by atoms with Crippen molar-refractivity contribution in [3.63, 3.8) is 0 Å². The summed E-state index contributed by atoms with van der Waals surface area (Å²) >= 11 is 12.3. The Hall–Kier alpha value is -0.520. The Labute approximate surface area is 119 Å². The minimum Gasteiger partial charge on any atom is -0.451 e. The van der Waals surface area contributed by atoms with Crippen molar-refractivity contribution in [3.05, 3.63) is 50.0 Å². The van der Waals surface area contributed by atoms with Gasteiger partial charge >= 0.3 is 0 Å². The highest BCUT2D eigenvalue weighted by Gasteiger charge is 2.06. The zero-order valence-corrected chi connectivity index (χ0v) is 12.4. The van der Waals surface area contributed by atoms with Gasteiger partial charge in [0.2, 0.25) is 0 Å². The molecule has 0 fully saturated rings. The van der Waals surface area contributed by atoms with E-state index < -0.39 is 0 Å². The van der Waals surface area contributed by atoms with Crippen molar-refractivity contribution in [1.29, 1.82) is 0 Å². The van der Waals surface area contributed by atoms with E-state index >= 15 is 0 Å². The summed E-state index contributed by atoms with van der Waals surface area (Å²) in [5, 5.41) is 3.38. The summed E-state index contributed by atoms with van der Waals surface area (Å²) in [6, 6.07) is 6.11. The molecule has 6 heteroatoms. The van der Waals surface area contributed by atoms with Gasteiger partial charge in [0.1, 0.15) is 11.6 Å². The second-order valence-corrected chi connectivity index (χ2v) is 5.36. The quantitative estimate of drug-likeness (QED) is 0.787. The molecular formula is C11H7Br2ClFNO. The Morgan fingerprint density at radius 2 is 2.00 bits per heavy atom. The van der Waals surface area contributed by atoms with Crippen LogP contribution in [0.4, 0.5) is 10.1 Å². The fourth-order valence-electron chi connectivity index (χ4n) is 1.32. The van der Waals surface area contributed by atoms with Gasteiger partial charge in [0.25, 0.3) is 0 Å². The summed E-state index contributed by atoms with van der Waals surface area (Å²) in [5.41, 5.74) is 0.610. The molecule has 1 heterocycles. The van der Waals surface area contributed by atoms with Crippen molar-refractivity contribution < 1.29 is 8.81 Å². The topological polar surface area (TPSA) is 25.2 Å². The molecule has 0 saturated carbocycles. The first-order chi connectivity index (χ1) is 8.04. The Morgan fingerprint density at radius 1 is 1.24 bits per heavy atom. The first kappa shape index (κ1) is 12.9. The average molecular weight is 383 g/mol. The van der Waals surface area contributed by atoms with Gasteiger partial charge in [-0.15, -0.1) is 0 Å². The summed E-state index contributed by atoms with van der Waals surface area (Å²) in [5.74, 6) is 0.353. The summed E-state index contributed by atoms with van der Waals surface area (Å²) in [6.45, 7) is 0.448. The number of hydrogen-bond acceptors (Lipinski definition) is 2. The first-order valence-corrected chi connectivity index (χ1v) is 6.64. The lowest BCUT2D eigenvalue weighted by Gasteiger charge is -2.04. The molecule has 0 aliphatic carbocycles. The van der Waals surface area contributed by atoms with Crippen molar-refractivity contribution in [2.75, 3.05) is 5.32 Å². The third-order valence-electron chi connectivity index (χ3n) is 2.03. The lowest BCUT2D eigenvalue weighted by atomic mass is 10.3. The van der Waals surface area contributed by atoms with Crippen LogP contribution < -0.4 is 5.32 Å². The van der Waals surface area contributed by atoms with E-state index in [0.29, 0.717) is 21.9 Å². The van der Waals surface area contributed by atoms with Crippen molar-refractivity contribution in [2.45, 2.75) is 6.54 Å². The van der Waals surface area contributed by atoms with Crippen LogP contribution in [0.25, 0.3) is 0 Å². The summed E-state index contributed by atoms with van der Waals surface area (Å²) in [4.78, 5) is 0. The summed E-state index contributed by atoms with van der Waals surface area (Å²) < 4.78 is 19.9. The van der Waals surface area contributed by atoms with Crippen LogP contribution in [0, 0.1) is 5.82 Å². The predicted molar refractivity (Wildman–Crippen MR) is 72.8 cm³/mol. The Morgan fingerprint density at radius 3 is 2.59 bits per heavy atom. The zero-order valence-electron chi connectivity index (χ0n) is 8.44. The number of benzene rings is 1. The molecule has 0 spiro atoms. The molecule has 0 aliphatic rings. The molecule has 2 nitrogen and oxygen atoms in total. The van der Waals surface area contributed by atoms with E-state index in [9.17, 15) is 4.39 Å². The second kappa shape index (κ2) is 5.42. The van der Waals surface area contributed by atoms with E-state index in [4.69, 9.17) is 16.0 Å². The third-order valence-corrected chi connectivity index (χ3v) is 3.95. The maximum atomic E-state index is 13.1. The van der Waals surface area contributed by atoms with Crippen molar-refractivity contribution in [3.8, 4) is 0 Å². The molecule has 0 radical (unpaired) electrons. The minimum absolute atomic E-state index is 0.356. The smallest absolute Gasteiger partial charge is 0.183 e. The molecule has 0 bridgehead atoms. The van der Waals surface area contributed by atoms with Crippen LogP contribution in [0.1, 0.15) is 5.76 Å². The van der Waals surface area contributed by atoms with Crippen molar-refractivity contribution in [1.82, 2.24) is 0 Å². The molecule has 0 atom stereocenters. The van der Waals surface area contributed by atoms with Gasteiger partial charge in [-0.1, -0.05) is 11.6 Å². The van der Waals surface area contributed by atoms with E-state index in [1.807, 2.05) is 6.07 Å². The SMILES string of the molecule is Fc1cc(Cl)cc(NCc2cc(Br)c(Br)o2)c1. The number of anilines is 1. The molecule has 2 aromatic rings. The van der Waals surface area contributed by atoms with Gasteiger partial charge in [-0.2, -0.15) is 0 Å². The van der Waals surface area contributed by atoms with Crippen LogP contribution in [-0.4, -0.2) is 0 Å². The Bertz CT molecular complexity index is 505. The number of rotatable bonds is 3. The van der Waals surface area contributed by atoms with Gasteiger partial charge in [0.05, 0.1) is 11.0 Å². The number of hydrogen-bond donors (Lipinski definition) is 1. The standard InChI is InChI=1S/C11H7Br2ClFNO/c12-10-4-9(17-11(10)13)5-16-8-2-6(14)1-7(15)3-8/h1-4,16H,5H2. The molecule has 90 valence electrons. The molecule has 0 saturated heterocycles. The van der Waals surface area contributed by atoms with Crippen LogP contribution in [0.15, 0.2) is 37.8 Å².